The van der Waals surface area contributed by atoms with Crippen LogP contribution in [0.25, 0.3) is 0 Å². The highest BCUT2D eigenvalue weighted by atomic mass is 19.4. The van der Waals surface area contributed by atoms with E-state index in [1.165, 1.54) is 18.2 Å². The number of benzene rings is 1. The molecule has 0 radical (unpaired) electrons. The van der Waals surface area contributed by atoms with Gasteiger partial charge in [0, 0.05) is 13.1 Å². The molecule has 1 aromatic rings. The van der Waals surface area contributed by atoms with Gasteiger partial charge in [0.2, 0.25) is 0 Å². The summed E-state index contributed by atoms with van der Waals surface area (Å²) >= 11 is 0. The number of amides is 1. The Hall–Kier alpha value is -1.80. The Balaban J connectivity index is 2.00. The molecule has 1 aliphatic rings. The Morgan fingerprint density at radius 3 is 2.86 bits per heavy atom. The Bertz CT molecular complexity index is 488. The first kappa shape index (κ1) is 15.6. The van der Waals surface area contributed by atoms with E-state index in [0.29, 0.717) is 19.7 Å². The molecule has 2 N–H and O–H groups in total. The number of ether oxygens (including phenoxy) is 2. The number of anilines is 1. The normalized spacial score (nSPS) is 19.1. The summed E-state index contributed by atoms with van der Waals surface area (Å²) in [5, 5.41) is 5.52. The molecule has 0 spiro atoms. The van der Waals surface area contributed by atoms with Crippen molar-refractivity contribution in [2.24, 2.45) is 0 Å². The van der Waals surface area contributed by atoms with E-state index in [0.717, 1.165) is 0 Å². The van der Waals surface area contributed by atoms with Gasteiger partial charge in [-0.15, -0.1) is 0 Å². The lowest BCUT2D eigenvalue weighted by Gasteiger charge is -2.23. The van der Waals surface area contributed by atoms with Gasteiger partial charge < -0.3 is 20.1 Å². The molecular formula is C13H15F3N2O3. The van der Waals surface area contributed by atoms with Gasteiger partial charge in [-0.2, -0.15) is 13.2 Å². The average Bonchev–Trinajstić information content (AvgIpc) is 2.46. The molecule has 2 rings (SSSR count). The molecule has 0 saturated carbocycles. The molecule has 1 fully saturated rings. The minimum atomic E-state index is -4.44. The zero-order chi connectivity index (χ0) is 15.3. The smallest absolute Gasteiger partial charge is 0.422 e. The predicted molar refractivity (Wildman–Crippen MR) is 69.2 cm³/mol. The van der Waals surface area contributed by atoms with Gasteiger partial charge in [-0.3, -0.25) is 4.79 Å². The van der Waals surface area contributed by atoms with Gasteiger partial charge >= 0.3 is 6.18 Å². The van der Waals surface area contributed by atoms with Crippen molar-refractivity contribution in [1.82, 2.24) is 5.32 Å². The molecule has 1 aromatic carbocycles. The van der Waals surface area contributed by atoms with E-state index < -0.39 is 24.8 Å². The summed E-state index contributed by atoms with van der Waals surface area (Å²) in [7, 11) is 0. The molecule has 0 bridgehead atoms. The van der Waals surface area contributed by atoms with E-state index in [4.69, 9.17) is 9.47 Å². The summed E-state index contributed by atoms with van der Waals surface area (Å²) < 4.78 is 46.5. The molecule has 0 aromatic heterocycles. The molecular weight excluding hydrogens is 289 g/mol. The molecule has 21 heavy (non-hydrogen) atoms. The van der Waals surface area contributed by atoms with Crippen molar-refractivity contribution in [3.8, 4) is 5.75 Å². The van der Waals surface area contributed by atoms with Gasteiger partial charge in [0.1, 0.15) is 11.9 Å². The fourth-order valence-electron chi connectivity index (χ4n) is 1.80. The van der Waals surface area contributed by atoms with Gasteiger partial charge in [0.05, 0.1) is 12.3 Å². The standard InChI is InChI=1S/C13H15F3N2O3/c14-13(15,16)8-21-10-4-2-1-3-9(10)18-12(19)11-7-17-5-6-20-11/h1-4,11,17H,5-8H2,(H,18,19). The zero-order valence-corrected chi connectivity index (χ0v) is 11.1. The first-order valence-electron chi connectivity index (χ1n) is 6.37. The molecule has 1 atom stereocenters. The van der Waals surface area contributed by atoms with Crippen molar-refractivity contribution in [1.29, 1.82) is 0 Å². The number of hydrogen-bond donors (Lipinski definition) is 2. The molecule has 5 nitrogen and oxygen atoms in total. The summed E-state index contributed by atoms with van der Waals surface area (Å²) in [6, 6.07) is 5.96. The quantitative estimate of drug-likeness (QED) is 0.886. The Kier molecular flexibility index (Phi) is 5.03. The molecule has 8 heteroatoms. The number of carbonyl (C=O) groups is 1. The fourth-order valence-corrected chi connectivity index (χ4v) is 1.80. The lowest BCUT2D eigenvalue weighted by Crippen LogP contribution is -2.45. The van der Waals surface area contributed by atoms with Crippen LogP contribution in [0.3, 0.4) is 0 Å². The maximum Gasteiger partial charge on any atom is 0.422 e. The van der Waals surface area contributed by atoms with E-state index in [1.807, 2.05) is 0 Å². The monoisotopic (exact) mass is 304 g/mol. The zero-order valence-electron chi connectivity index (χ0n) is 11.1. The van der Waals surface area contributed by atoms with Gasteiger partial charge in [0.15, 0.2) is 6.61 Å². The van der Waals surface area contributed by atoms with Crippen LogP contribution in [0.1, 0.15) is 0 Å². The van der Waals surface area contributed by atoms with Gasteiger partial charge in [0.25, 0.3) is 5.91 Å². The Morgan fingerprint density at radius 1 is 1.43 bits per heavy atom. The van der Waals surface area contributed by atoms with Crippen LogP contribution in [0.2, 0.25) is 0 Å². The van der Waals surface area contributed by atoms with Crippen molar-refractivity contribution in [3.63, 3.8) is 0 Å². The third-order valence-corrected chi connectivity index (χ3v) is 2.76. The van der Waals surface area contributed by atoms with Crippen LogP contribution in [0.4, 0.5) is 18.9 Å². The summed E-state index contributed by atoms with van der Waals surface area (Å²) in [6.07, 6.45) is -5.11. The number of nitrogens with one attached hydrogen (secondary N) is 2. The van der Waals surface area contributed by atoms with Crippen molar-refractivity contribution in [2.45, 2.75) is 12.3 Å². The maximum absolute atomic E-state index is 12.2. The third kappa shape index (κ3) is 4.91. The van der Waals surface area contributed by atoms with Crippen LogP contribution in [0.5, 0.6) is 5.75 Å². The summed E-state index contributed by atoms with van der Waals surface area (Å²) in [6.45, 7) is 0.0120. The number of halogens is 3. The highest BCUT2D eigenvalue weighted by Crippen LogP contribution is 2.26. The molecule has 116 valence electrons. The first-order valence-corrected chi connectivity index (χ1v) is 6.37. The van der Waals surface area contributed by atoms with Crippen molar-refractivity contribution in [3.05, 3.63) is 24.3 Å². The SMILES string of the molecule is O=C(Nc1ccccc1OCC(F)(F)F)C1CNCCO1. The number of morpholine rings is 1. The second kappa shape index (κ2) is 6.77. The lowest BCUT2D eigenvalue weighted by atomic mass is 10.2. The van der Waals surface area contributed by atoms with Crippen molar-refractivity contribution >= 4 is 11.6 Å². The minimum absolute atomic E-state index is 0.0352. The summed E-state index contributed by atoms with van der Waals surface area (Å²) in [5.74, 6) is -0.461. The lowest BCUT2D eigenvalue weighted by molar-refractivity contribution is -0.153. The van der Waals surface area contributed by atoms with Gasteiger partial charge in [-0.25, -0.2) is 0 Å². The first-order chi connectivity index (χ1) is 9.96. The van der Waals surface area contributed by atoms with Crippen molar-refractivity contribution in [2.75, 3.05) is 31.6 Å². The molecule has 1 heterocycles. The van der Waals surface area contributed by atoms with Crippen LogP contribution in [-0.4, -0.2) is 44.5 Å². The van der Waals surface area contributed by atoms with Gasteiger partial charge in [-0.05, 0) is 12.1 Å². The second-order valence-electron chi connectivity index (χ2n) is 4.45. The summed E-state index contributed by atoms with van der Waals surface area (Å²) in [4.78, 5) is 12.0. The largest absolute Gasteiger partial charge is 0.482 e. The van der Waals surface area contributed by atoms with Crippen LogP contribution in [-0.2, 0) is 9.53 Å². The van der Waals surface area contributed by atoms with Gasteiger partial charge in [-0.1, -0.05) is 12.1 Å². The molecule has 0 aliphatic carbocycles. The summed E-state index contributed by atoms with van der Waals surface area (Å²) in [5.41, 5.74) is 0.181. The third-order valence-electron chi connectivity index (χ3n) is 2.76. The fraction of sp³-hybridized carbons (Fsp3) is 0.462. The molecule has 1 unspecified atom stereocenters. The van der Waals surface area contributed by atoms with Crippen LogP contribution < -0.4 is 15.4 Å². The number of carbonyl (C=O) groups excluding carboxylic acids is 1. The Morgan fingerprint density at radius 2 is 2.19 bits per heavy atom. The van der Waals surface area contributed by atoms with Crippen LogP contribution in [0, 0.1) is 0 Å². The van der Waals surface area contributed by atoms with E-state index in [1.54, 1.807) is 6.07 Å². The van der Waals surface area contributed by atoms with E-state index in [2.05, 4.69) is 10.6 Å². The molecule has 1 saturated heterocycles. The topological polar surface area (TPSA) is 59.6 Å². The van der Waals surface area contributed by atoms with Crippen LogP contribution in [0.15, 0.2) is 24.3 Å². The van der Waals surface area contributed by atoms with E-state index >= 15 is 0 Å². The highest BCUT2D eigenvalue weighted by Gasteiger charge is 2.29. The van der Waals surface area contributed by atoms with E-state index in [9.17, 15) is 18.0 Å². The predicted octanol–water partition coefficient (Wildman–Crippen LogP) is 1.55. The maximum atomic E-state index is 12.2. The number of alkyl halides is 3. The number of hydrogen-bond acceptors (Lipinski definition) is 4. The number of rotatable bonds is 4. The molecule has 1 aliphatic heterocycles. The number of para-hydroxylation sites is 2. The molecule has 1 amide bonds. The average molecular weight is 304 g/mol. The van der Waals surface area contributed by atoms with Crippen molar-refractivity contribution < 1.29 is 27.4 Å². The highest BCUT2D eigenvalue weighted by molar-refractivity contribution is 5.95. The van der Waals surface area contributed by atoms with E-state index in [-0.39, 0.29) is 11.4 Å². The Labute approximate surface area is 119 Å². The second-order valence-corrected chi connectivity index (χ2v) is 4.45. The van der Waals surface area contributed by atoms with Crippen LogP contribution >= 0.6 is 0 Å². The minimum Gasteiger partial charge on any atom is -0.482 e.